The van der Waals surface area contributed by atoms with Gasteiger partial charge in [0.25, 0.3) is 0 Å². The van der Waals surface area contributed by atoms with E-state index in [-0.39, 0.29) is 19.4 Å². The third-order valence-electron chi connectivity index (χ3n) is 6.13. The predicted octanol–water partition coefficient (Wildman–Crippen LogP) is 2.37. The number of cyclic esters (lactones) is 1. The van der Waals surface area contributed by atoms with Crippen molar-refractivity contribution < 1.29 is 33.6 Å². The average Bonchev–Trinajstić information content (AvgIpc) is 3.35. The summed E-state index contributed by atoms with van der Waals surface area (Å²) in [6.07, 6.45) is 0.266. The molecule has 3 aliphatic heterocycles. The van der Waals surface area contributed by atoms with Crippen LogP contribution >= 0.6 is 0 Å². The summed E-state index contributed by atoms with van der Waals surface area (Å²) in [5, 5.41) is 9.63. The highest BCUT2D eigenvalue weighted by Crippen LogP contribution is 2.54. The summed E-state index contributed by atoms with van der Waals surface area (Å²) in [6, 6.07) is 5.33. The van der Waals surface area contributed by atoms with Gasteiger partial charge in [-0.1, -0.05) is 12.1 Å². The number of methoxy groups -OCH3 is 2. The van der Waals surface area contributed by atoms with E-state index in [0.29, 0.717) is 34.1 Å². The van der Waals surface area contributed by atoms with Crippen LogP contribution in [0, 0.1) is 0 Å². The van der Waals surface area contributed by atoms with Gasteiger partial charge in [0.2, 0.25) is 12.5 Å². The second-order valence-corrected chi connectivity index (χ2v) is 7.60. The lowest BCUT2D eigenvalue weighted by Crippen LogP contribution is -2.36. The van der Waals surface area contributed by atoms with E-state index >= 15 is 0 Å². The number of fused-ring (bicyclic) bond motifs is 3. The fourth-order valence-corrected chi connectivity index (χ4v) is 4.77. The summed E-state index contributed by atoms with van der Waals surface area (Å²) in [7, 11) is 5.10. The van der Waals surface area contributed by atoms with Crippen LogP contribution in [-0.4, -0.2) is 50.6 Å². The van der Waals surface area contributed by atoms with Gasteiger partial charge in [0.15, 0.2) is 11.5 Å². The Bertz CT molecular complexity index is 1030. The monoisotopic (exact) mass is 413 g/mol. The zero-order chi connectivity index (χ0) is 21.0. The molecule has 2 atom stereocenters. The number of ether oxygens (including phenoxy) is 5. The Morgan fingerprint density at radius 1 is 1.20 bits per heavy atom. The molecule has 0 radical (unpaired) electrons. The largest absolute Gasteiger partial charge is 0.495 e. The van der Waals surface area contributed by atoms with Crippen molar-refractivity contribution in [1.29, 1.82) is 0 Å². The third-order valence-corrected chi connectivity index (χ3v) is 6.13. The zero-order valence-corrected chi connectivity index (χ0v) is 17.1. The summed E-state index contributed by atoms with van der Waals surface area (Å²) in [4.78, 5) is 15.0. The molecule has 0 saturated carbocycles. The number of rotatable bonds is 4. The third kappa shape index (κ3) is 2.57. The van der Waals surface area contributed by atoms with Gasteiger partial charge in [0.1, 0.15) is 17.4 Å². The molecule has 0 saturated heterocycles. The lowest BCUT2D eigenvalue weighted by Gasteiger charge is -2.38. The van der Waals surface area contributed by atoms with Gasteiger partial charge in [-0.25, -0.2) is 4.79 Å². The molecule has 2 aromatic carbocycles. The van der Waals surface area contributed by atoms with Crippen LogP contribution in [0.4, 0.5) is 0 Å². The zero-order valence-electron chi connectivity index (χ0n) is 17.1. The number of nitrogens with zero attached hydrogens (tertiary/aromatic N) is 1. The molecule has 30 heavy (non-hydrogen) atoms. The van der Waals surface area contributed by atoms with Crippen LogP contribution in [0.1, 0.15) is 44.8 Å². The Hall–Kier alpha value is -2.97. The SMILES string of the molecule is COc1c(CO)ccc2c1C(=O)OC2C1c2c(cc3c(c2OC)OCO3)CCN1C. The van der Waals surface area contributed by atoms with E-state index < -0.39 is 12.1 Å². The first-order chi connectivity index (χ1) is 14.6. The molecular weight excluding hydrogens is 390 g/mol. The van der Waals surface area contributed by atoms with Gasteiger partial charge >= 0.3 is 5.97 Å². The Kier molecular flexibility index (Phi) is 4.48. The molecule has 3 aliphatic rings. The second kappa shape index (κ2) is 7.07. The molecule has 5 rings (SSSR count). The number of carbonyl (C=O) groups is 1. The topological polar surface area (TPSA) is 86.7 Å². The van der Waals surface area contributed by atoms with E-state index in [1.807, 2.05) is 19.2 Å². The van der Waals surface area contributed by atoms with Gasteiger partial charge in [-0.3, -0.25) is 4.90 Å². The fraction of sp³-hybridized carbons (Fsp3) is 0.409. The molecule has 2 unspecified atom stereocenters. The summed E-state index contributed by atoms with van der Waals surface area (Å²) in [6.45, 7) is 0.713. The van der Waals surface area contributed by atoms with Gasteiger partial charge in [-0.2, -0.15) is 0 Å². The minimum absolute atomic E-state index is 0.150. The summed E-state index contributed by atoms with van der Waals surface area (Å²) in [5.41, 5.74) is 3.67. The number of likely N-dealkylation sites (N-methyl/N-ethyl adjacent to an activating group) is 1. The molecule has 8 heteroatoms. The molecule has 8 nitrogen and oxygen atoms in total. The number of hydrogen-bond donors (Lipinski definition) is 1. The maximum atomic E-state index is 12.8. The lowest BCUT2D eigenvalue weighted by molar-refractivity contribution is 0.00874. The molecule has 2 aromatic rings. The average molecular weight is 413 g/mol. The minimum Gasteiger partial charge on any atom is -0.495 e. The van der Waals surface area contributed by atoms with Crippen molar-refractivity contribution in [1.82, 2.24) is 4.90 Å². The number of hydrogen-bond acceptors (Lipinski definition) is 8. The van der Waals surface area contributed by atoms with Gasteiger partial charge < -0.3 is 28.8 Å². The van der Waals surface area contributed by atoms with Crippen LogP contribution in [-0.2, 0) is 17.8 Å². The predicted molar refractivity (Wildman–Crippen MR) is 105 cm³/mol. The van der Waals surface area contributed by atoms with E-state index in [0.717, 1.165) is 29.7 Å². The maximum absolute atomic E-state index is 12.8. The van der Waals surface area contributed by atoms with Crippen LogP contribution < -0.4 is 18.9 Å². The maximum Gasteiger partial charge on any atom is 0.343 e. The molecule has 0 bridgehead atoms. The molecule has 0 amide bonds. The van der Waals surface area contributed by atoms with Gasteiger partial charge in [0, 0.05) is 23.2 Å². The van der Waals surface area contributed by atoms with Gasteiger partial charge in [-0.05, 0) is 25.1 Å². The molecular formula is C22H23NO7. The summed E-state index contributed by atoms with van der Waals surface area (Å²) in [5.74, 6) is 1.77. The first-order valence-corrected chi connectivity index (χ1v) is 9.80. The molecule has 3 heterocycles. The molecule has 0 aromatic heterocycles. The van der Waals surface area contributed by atoms with Crippen molar-refractivity contribution >= 4 is 5.97 Å². The Morgan fingerprint density at radius 2 is 2.00 bits per heavy atom. The fourth-order valence-electron chi connectivity index (χ4n) is 4.77. The summed E-state index contributed by atoms with van der Waals surface area (Å²) >= 11 is 0. The number of carbonyl (C=O) groups excluding carboxylic acids is 1. The van der Waals surface area contributed by atoms with Crippen LogP contribution in [0.2, 0.25) is 0 Å². The number of aliphatic hydroxyl groups is 1. The lowest BCUT2D eigenvalue weighted by atomic mass is 9.85. The van der Waals surface area contributed by atoms with Crippen LogP contribution in [0.5, 0.6) is 23.0 Å². The van der Waals surface area contributed by atoms with Crippen molar-refractivity contribution in [3.63, 3.8) is 0 Å². The van der Waals surface area contributed by atoms with E-state index in [1.54, 1.807) is 13.2 Å². The van der Waals surface area contributed by atoms with Crippen LogP contribution in [0.15, 0.2) is 18.2 Å². The highest BCUT2D eigenvalue weighted by molar-refractivity contribution is 5.97. The van der Waals surface area contributed by atoms with Crippen molar-refractivity contribution in [3.8, 4) is 23.0 Å². The van der Waals surface area contributed by atoms with Crippen molar-refractivity contribution in [2.24, 2.45) is 0 Å². The number of benzene rings is 2. The summed E-state index contributed by atoms with van der Waals surface area (Å²) < 4.78 is 28.4. The van der Waals surface area contributed by atoms with Crippen molar-refractivity contribution in [2.45, 2.75) is 25.2 Å². The number of aliphatic hydroxyl groups excluding tert-OH is 1. The first kappa shape index (κ1) is 19.0. The molecule has 0 fully saturated rings. The van der Waals surface area contributed by atoms with Crippen molar-refractivity contribution in [2.75, 3.05) is 34.6 Å². The highest BCUT2D eigenvalue weighted by Gasteiger charge is 2.45. The molecule has 0 aliphatic carbocycles. The van der Waals surface area contributed by atoms with E-state index in [1.165, 1.54) is 7.11 Å². The minimum atomic E-state index is -0.549. The molecule has 0 spiro atoms. The molecule has 158 valence electrons. The van der Waals surface area contributed by atoms with E-state index in [2.05, 4.69) is 4.90 Å². The quantitative estimate of drug-likeness (QED) is 0.765. The van der Waals surface area contributed by atoms with E-state index in [4.69, 9.17) is 23.7 Å². The first-order valence-electron chi connectivity index (χ1n) is 9.80. The van der Waals surface area contributed by atoms with Crippen molar-refractivity contribution in [3.05, 3.63) is 46.0 Å². The second-order valence-electron chi connectivity index (χ2n) is 7.60. The van der Waals surface area contributed by atoms with Crippen LogP contribution in [0.3, 0.4) is 0 Å². The van der Waals surface area contributed by atoms with Gasteiger partial charge in [0.05, 0.1) is 26.9 Å². The Balaban J connectivity index is 1.69. The smallest absolute Gasteiger partial charge is 0.343 e. The van der Waals surface area contributed by atoms with Gasteiger partial charge in [-0.15, -0.1) is 0 Å². The Labute approximate surface area is 173 Å². The molecule has 1 N–H and O–H groups in total. The number of esters is 1. The Morgan fingerprint density at radius 3 is 2.73 bits per heavy atom. The van der Waals surface area contributed by atoms with Crippen LogP contribution in [0.25, 0.3) is 0 Å². The van der Waals surface area contributed by atoms with E-state index in [9.17, 15) is 9.90 Å². The normalized spacial score (nSPS) is 21.8. The standard InChI is InChI=1S/C22H23NO7/c1-23-7-6-11-8-14-20(29-10-28-14)21(27-3)15(11)17(23)19-13-5-4-12(9-24)18(26-2)16(13)22(25)30-19/h4-5,8,17,19,24H,6-7,9-10H2,1-3H3. The highest BCUT2D eigenvalue weighted by atomic mass is 16.7.